The Kier molecular flexibility index (Phi) is 6.45. The van der Waals surface area contributed by atoms with Crippen molar-refractivity contribution < 1.29 is 22.7 Å². The minimum atomic E-state index is -4.48. The lowest BCUT2D eigenvalue weighted by Crippen LogP contribution is -2.31. The maximum absolute atomic E-state index is 13.4. The molecule has 2 aromatic carbocycles. The number of hydrogen-bond donors (Lipinski definition) is 0. The number of ether oxygens (including phenoxy) is 1. The van der Waals surface area contributed by atoms with E-state index < -0.39 is 30.0 Å². The highest BCUT2D eigenvalue weighted by Crippen LogP contribution is 2.38. The van der Waals surface area contributed by atoms with Crippen LogP contribution >= 0.6 is 0 Å². The highest BCUT2D eigenvalue weighted by atomic mass is 19.4. The number of aryl methyl sites for hydroxylation is 2. The Morgan fingerprint density at radius 1 is 1.09 bits per heavy atom. The lowest BCUT2D eigenvalue weighted by Gasteiger charge is -2.23. The van der Waals surface area contributed by atoms with Crippen molar-refractivity contribution in [2.75, 3.05) is 0 Å². The number of amides is 1. The van der Waals surface area contributed by atoms with Gasteiger partial charge in [0.25, 0.3) is 0 Å². The van der Waals surface area contributed by atoms with Crippen LogP contribution in [0.4, 0.5) is 18.0 Å². The third kappa shape index (κ3) is 5.09. The van der Waals surface area contributed by atoms with Crippen molar-refractivity contribution in [3.8, 4) is 11.3 Å². The molecule has 7 heteroatoms. The number of halogens is 3. The number of hydrogen-bond acceptors (Lipinski definition) is 3. The van der Waals surface area contributed by atoms with Crippen molar-refractivity contribution in [2.24, 2.45) is 0 Å². The van der Waals surface area contributed by atoms with E-state index in [1.54, 1.807) is 24.8 Å². The molecule has 2 atom stereocenters. The second kappa shape index (κ2) is 9.21. The molecule has 1 saturated heterocycles. The monoisotopic (exact) mass is 480 g/mol. The van der Waals surface area contributed by atoms with Gasteiger partial charge in [-0.2, -0.15) is 13.2 Å². The smallest absolute Gasteiger partial charge is 0.416 e. The fourth-order valence-electron chi connectivity index (χ4n) is 4.41. The van der Waals surface area contributed by atoms with Crippen LogP contribution in [-0.4, -0.2) is 22.0 Å². The van der Waals surface area contributed by atoms with Crippen molar-refractivity contribution in [3.63, 3.8) is 0 Å². The van der Waals surface area contributed by atoms with E-state index in [0.717, 1.165) is 45.8 Å². The molecule has 1 aliphatic rings. The second-order valence-electron chi connectivity index (χ2n) is 9.15. The number of aromatic nitrogens is 1. The van der Waals surface area contributed by atoms with E-state index in [4.69, 9.17) is 9.72 Å². The zero-order valence-electron chi connectivity index (χ0n) is 20.1. The SMILES string of the molecule is C=C(C)c1cccc(-c2ccc(C)cc2CN2C(=O)O[C@H](c3cc(C)cc(C(F)(F)F)c3)[C@@H]2C)n1. The largest absolute Gasteiger partial charge is 0.439 e. The summed E-state index contributed by atoms with van der Waals surface area (Å²) in [6.07, 6.45) is -5.84. The minimum absolute atomic E-state index is 0.241. The molecule has 0 N–H and O–H groups in total. The summed E-state index contributed by atoms with van der Waals surface area (Å²) < 4.78 is 45.7. The molecule has 0 unspecified atom stereocenters. The average molecular weight is 481 g/mol. The first kappa shape index (κ1) is 24.5. The Morgan fingerprint density at radius 2 is 1.83 bits per heavy atom. The molecule has 182 valence electrons. The van der Waals surface area contributed by atoms with Crippen molar-refractivity contribution in [3.05, 3.63) is 94.7 Å². The summed E-state index contributed by atoms with van der Waals surface area (Å²) in [6.45, 7) is 11.4. The minimum Gasteiger partial charge on any atom is -0.439 e. The number of carbonyl (C=O) groups is 1. The number of allylic oxidation sites excluding steroid dienone is 1. The lowest BCUT2D eigenvalue weighted by molar-refractivity contribution is -0.137. The first-order chi connectivity index (χ1) is 16.4. The van der Waals surface area contributed by atoms with Crippen LogP contribution in [-0.2, 0) is 17.5 Å². The molecular formula is C28H27F3N2O2. The first-order valence-electron chi connectivity index (χ1n) is 11.3. The van der Waals surface area contributed by atoms with Crippen LogP contribution in [0.2, 0.25) is 0 Å². The number of pyridine rings is 1. The molecule has 0 saturated carbocycles. The maximum atomic E-state index is 13.4. The van der Waals surface area contributed by atoms with Crippen LogP contribution in [0.25, 0.3) is 16.8 Å². The Hall–Kier alpha value is -3.61. The molecule has 4 rings (SSSR count). The van der Waals surface area contributed by atoms with E-state index in [-0.39, 0.29) is 6.54 Å². The number of benzene rings is 2. The predicted molar refractivity (Wildman–Crippen MR) is 130 cm³/mol. The zero-order valence-corrected chi connectivity index (χ0v) is 20.1. The normalized spacial score (nSPS) is 18.0. The van der Waals surface area contributed by atoms with Gasteiger partial charge in [-0.15, -0.1) is 0 Å². The molecule has 2 heterocycles. The van der Waals surface area contributed by atoms with E-state index in [1.807, 2.05) is 50.2 Å². The van der Waals surface area contributed by atoms with Crippen molar-refractivity contribution in [1.29, 1.82) is 0 Å². The first-order valence-corrected chi connectivity index (χ1v) is 11.3. The van der Waals surface area contributed by atoms with Gasteiger partial charge in [-0.05, 0) is 68.7 Å². The number of alkyl halides is 3. The topological polar surface area (TPSA) is 42.4 Å². The summed E-state index contributed by atoms with van der Waals surface area (Å²) in [5.41, 5.74) is 5.19. The molecule has 35 heavy (non-hydrogen) atoms. The highest BCUT2D eigenvalue weighted by Gasteiger charge is 2.41. The van der Waals surface area contributed by atoms with Crippen LogP contribution < -0.4 is 0 Å². The van der Waals surface area contributed by atoms with E-state index >= 15 is 0 Å². The van der Waals surface area contributed by atoms with Crippen LogP contribution in [0.3, 0.4) is 0 Å². The molecule has 1 aliphatic heterocycles. The Balaban J connectivity index is 1.67. The number of rotatable bonds is 5. The van der Waals surface area contributed by atoms with Gasteiger partial charge in [-0.1, -0.05) is 48.0 Å². The van der Waals surface area contributed by atoms with E-state index in [2.05, 4.69) is 6.58 Å². The standard InChI is InChI=1S/C28H27F3N2O2/c1-16(2)24-7-6-8-25(32-24)23-10-9-17(3)11-21(23)15-33-19(5)26(35-27(33)34)20-12-18(4)13-22(14-20)28(29,30)31/h6-14,19,26H,1,15H2,2-5H3/t19-,26-/m0/s1. The molecule has 1 fully saturated rings. The molecule has 0 bridgehead atoms. The fraction of sp³-hybridized carbons (Fsp3) is 0.286. The lowest BCUT2D eigenvalue weighted by atomic mass is 9.97. The summed E-state index contributed by atoms with van der Waals surface area (Å²) in [5, 5.41) is 0. The van der Waals surface area contributed by atoms with E-state index in [9.17, 15) is 18.0 Å². The molecule has 1 aromatic heterocycles. The quantitative estimate of drug-likeness (QED) is 0.380. The van der Waals surface area contributed by atoms with Gasteiger partial charge in [0.2, 0.25) is 0 Å². The maximum Gasteiger partial charge on any atom is 0.416 e. The molecular weight excluding hydrogens is 453 g/mol. The molecule has 0 radical (unpaired) electrons. The Morgan fingerprint density at radius 3 is 2.51 bits per heavy atom. The van der Waals surface area contributed by atoms with Crippen LogP contribution in [0.5, 0.6) is 0 Å². The van der Waals surface area contributed by atoms with Gasteiger partial charge < -0.3 is 4.74 Å². The van der Waals surface area contributed by atoms with Crippen molar-refractivity contribution >= 4 is 11.7 Å². The molecule has 3 aromatic rings. The van der Waals surface area contributed by atoms with Crippen molar-refractivity contribution in [2.45, 2.75) is 52.6 Å². The summed E-state index contributed by atoms with van der Waals surface area (Å²) >= 11 is 0. The Labute approximate surface area is 203 Å². The molecule has 1 amide bonds. The summed E-state index contributed by atoms with van der Waals surface area (Å²) in [4.78, 5) is 19.1. The predicted octanol–water partition coefficient (Wildman–Crippen LogP) is 7.50. The highest BCUT2D eigenvalue weighted by molar-refractivity contribution is 5.73. The van der Waals surface area contributed by atoms with Gasteiger partial charge in [0, 0.05) is 5.56 Å². The van der Waals surface area contributed by atoms with Gasteiger partial charge in [0.1, 0.15) is 6.10 Å². The summed E-state index contributed by atoms with van der Waals surface area (Å²) in [6, 6.07) is 15.0. The average Bonchev–Trinajstić information content (AvgIpc) is 3.06. The molecule has 4 nitrogen and oxygen atoms in total. The van der Waals surface area contributed by atoms with Gasteiger partial charge in [0.15, 0.2) is 0 Å². The van der Waals surface area contributed by atoms with E-state index in [0.29, 0.717) is 11.1 Å². The van der Waals surface area contributed by atoms with E-state index in [1.165, 1.54) is 0 Å². The van der Waals surface area contributed by atoms with Crippen LogP contribution in [0, 0.1) is 13.8 Å². The number of nitrogens with zero attached hydrogens (tertiary/aromatic N) is 2. The Bertz CT molecular complexity index is 1300. The molecule has 0 aliphatic carbocycles. The fourth-order valence-corrected chi connectivity index (χ4v) is 4.41. The van der Waals surface area contributed by atoms with Crippen LogP contribution in [0.1, 0.15) is 53.5 Å². The summed E-state index contributed by atoms with van der Waals surface area (Å²) in [7, 11) is 0. The van der Waals surface area contributed by atoms with Gasteiger partial charge in [0.05, 0.1) is 29.5 Å². The van der Waals surface area contributed by atoms with Gasteiger partial charge >= 0.3 is 12.3 Å². The summed E-state index contributed by atoms with van der Waals surface area (Å²) in [5.74, 6) is 0. The van der Waals surface area contributed by atoms with Crippen LogP contribution in [0.15, 0.2) is 61.2 Å². The molecule has 0 spiro atoms. The third-order valence-electron chi connectivity index (χ3n) is 6.21. The zero-order chi connectivity index (χ0) is 25.5. The second-order valence-corrected chi connectivity index (χ2v) is 9.15. The third-order valence-corrected chi connectivity index (χ3v) is 6.21. The number of cyclic esters (lactones) is 1. The van der Waals surface area contributed by atoms with Gasteiger partial charge in [-0.3, -0.25) is 4.90 Å². The van der Waals surface area contributed by atoms with Crippen molar-refractivity contribution in [1.82, 2.24) is 9.88 Å². The number of carbonyl (C=O) groups excluding carboxylic acids is 1. The van der Waals surface area contributed by atoms with Gasteiger partial charge in [-0.25, -0.2) is 9.78 Å².